The molecule has 9 heteroatoms. The summed E-state index contributed by atoms with van der Waals surface area (Å²) < 4.78 is 10.7. The van der Waals surface area contributed by atoms with E-state index in [0.29, 0.717) is 18.9 Å². The molecule has 0 bridgehead atoms. The predicted octanol–water partition coefficient (Wildman–Crippen LogP) is 0.125. The van der Waals surface area contributed by atoms with E-state index in [-0.39, 0.29) is 23.7 Å². The van der Waals surface area contributed by atoms with Crippen LogP contribution in [0, 0.1) is 10.1 Å². The number of nitrogens with one attached hydrogen (secondary N) is 1. The second kappa shape index (κ2) is 5.99. The van der Waals surface area contributed by atoms with Crippen LogP contribution in [0.5, 0.6) is 0 Å². The molecule has 0 radical (unpaired) electrons. The van der Waals surface area contributed by atoms with Crippen molar-refractivity contribution in [3.05, 3.63) is 22.2 Å². The number of methoxy groups -OCH3 is 2. The molecule has 9 nitrogen and oxygen atoms in total. The number of hydrazine groups is 1. The summed E-state index contributed by atoms with van der Waals surface area (Å²) in [4.78, 5) is 16.5. The van der Waals surface area contributed by atoms with Crippen LogP contribution in [0.2, 0.25) is 0 Å². The van der Waals surface area contributed by atoms with Gasteiger partial charge in [-0.25, -0.2) is 10.8 Å². The Morgan fingerprint density at radius 3 is 2.45 bits per heavy atom. The Morgan fingerprint density at radius 2 is 2.00 bits per heavy atom. The van der Waals surface area contributed by atoms with Gasteiger partial charge in [-0.1, -0.05) is 0 Å². The molecule has 0 saturated carbocycles. The Morgan fingerprint density at radius 1 is 1.40 bits per heavy atom. The lowest BCUT2D eigenvalue weighted by molar-refractivity contribution is -0.384. The van der Waals surface area contributed by atoms with Gasteiger partial charge in [-0.3, -0.25) is 10.1 Å². The van der Waals surface area contributed by atoms with Crippen molar-refractivity contribution in [3.63, 3.8) is 0 Å². The lowest BCUT2D eigenvalue weighted by Crippen LogP contribution is -2.27. The molecule has 0 aliphatic carbocycles. The van der Waals surface area contributed by atoms with Crippen LogP contribution in [-0.4, -0.2) is 49.4 Å². The molecule has 1 fully saturated rings. The Kier molecular flexibility index (Phi) is 4.32. The van der Waals surface area contributed by atoms with Crippen LogP contribution in [0.4, 0.5) is 17.3 Å². The number of nitro groups is 1. The molecule has 2 atom stereocenters. The average molecular weight is 283 g/mol. The van der Waals surface area contributed by atoms with Crippen molar-refractivity contribution in [2.75, 3.05) is 37.6 Å². The minimum absolute atomic E-state index is 0.0715. The van der Waals surface area contributed by atoms with Gasteiger partial charge in [0.1, 0.15) is 23.8 Å². The Labute approximate surface area is 115 Å². The minimum Gasteiger partial charge on any atom is -0.377 e. The predicted molar refractivity (Wildman–Crippen MR) is 72.5 cm³/mol. The van der Waals surface area contributed by atoms with Crippen molar-refractivity contribution in [1.82, 2.24) is 4.98 Å². The second-order valence-corrected chi connectivity index (χ2v) is 4.42. The fraction of sp³-hybridized carbons (Fsp3) is 0.545. The number of hydrogen-bond acceptors (Lipinski definition) is 8. The normalized spacial score (nSPS) is 22.1. The minimum atomic E-state index is -0.482. The fourth-order valence-electron chi connectivity index (χ4n) is 2.23. The molecular formula is C11H17N5O4. The van der Waals surface area contributed by atoms with Crippen molar-refractivity contribution in [2.45, 2.75) is 12.2 Å². The highest BCUT2D eigenvalue weighted by Gasteiger charge is 2.34. The van der Waals surface area contributed by atoms with Gasteiger partial charge >= 0.3 is 0 Å². The Balaban J connectivity index is 2.28. The lowest BCUT2D eigenvalue weighted by atomic mass is 10.3. The molecule has 2 unspecified atom stereocenters. The van der Waals surface area contributed by atoms with E-state index in [4.69, 9.17) is 15.3 Å². The van der Waals surface area contributed by atoms with Crippen molar-refractivity contribution in [1.29, 1.82) is 0 Å². The van der Waals surface area contributed by atoms with Crippen LogP contribution in [0.1, 0.15) is 0 Å². The number of ether oxygens (including phenoxy) is 2. The van der Waals surface area contributed by atoms with Crippen LogP contribution in [0.3, 0.4) is 0 Å². The summed E-state index contributed by atoms with van der Waals surface area (Å²) in [5.41, 5.74) is 2.26. The summed E-state index contributed by atoms with van der Waals surface area (Å²) in [6.45, 7) is 1.10. The summed E-state index contributed by atoms with van der Waals surface area (Å²) in [6.07, 6.45) is -0.203. The number of nitrogen functional groups attached to an aromatic ring is 1. The number of nitrogens with zero attached hydrogens (tertiary/aromatic N) is 3. The molecular weight excluding hydrogens is 266 g/mol. The molecule has 1 aliphatic rings. The first-order valence-electron chi connectivity index (χ1n) is 6.02. The number of anilines is 2. The van der Waals surface area contributed by atoms with Gasteiger partial charge in [-0.2, -0.15) is 0 Å². The SMILES string of the molecule is COC1CN(c2cc([N+](=O)[O-])cc(NN)n2)CC1OC. The Bertz CT molecular complexity index is 486. The van der Waals surface area contributed by atoms with E-state index in [1.807, 2.05) is 4.90 Å². The van der Waals surface area contributed by atoms with E-state index in [9.17, 15) is 10.1 Å². The standard InChI is InChI=1S/C11H17N5O4/c1-19-8-5-15(6-9(8)20-2)11-4-7(16(17)18)3-10(13-11)14-12/h3-4,8-9H,5-6,12H2,1-2H3,(H,13,14). The molecule has 2 heterocycles. The van der Waals surface area contributed by atoms with Crippen LogP contribution < -0.4 is 16.2 Å². The first-order chi connectivity index (χ1) is 9.58. The van der Waals surface area contributed by atoms with E-state index in [1.54, 1.807) is 14.2 Å². The molecule has 110 valence electrons. The van der Waals surface area contributed by atoms with Crippen molar-refractivity contribution < 1.29 is 14.4 Å². The summed E-state index contributed by atoms with van der Waals surface area (Å²) in [7, 11) is 3.21. The number of aromatic nitrogens is 1. The van der Waals surface area contributed by atoms with Crippen LogP contribution in [0.25, 0.3) is 0 Å². The van der Waals surface area contributed by atoms with E-state index in [1.165, 1.54) is 12.1 Å². The topological polar surface area (TPSA) is 116 Å². The van der Waals surface area contributed by atoms with Gasteiger partial charge in [0.05, 0.1) is 17.1 Å². The molecule has 0 amide bonds. The smallest absolute Gasteiger partial charge is 0.276 e. The fourth-order valence-corrected chi connectivity index (χ4v) is 2.23. The first kappa shape index (κ1) is 14.4. The second-order valence-electron chi connectivity index (χ2n) is 4.42. The third-order valence-electron chi connectivity index (χ3n) is 3.30. The number of pyridine rings is 1. The van der Waals surface area contributed by atoms with Gasteiger partial charge in [0.15, 0.2) is 0 Å². The van der Waals surface area contributed by atoms with E-state index in [2.05, 4.69) is 10.4 Å². The molecule has 0 aromatic carbocycles. The lowest BCUT2D eigenvalue weighted by Gasteiger charge is -2.17. The van der Waals surface area contributed by atoms with E-state index < -0.39 is 4.92 Å². The molecule has 2 rings (SSSR count). The summed E-state index contributed by atoms with van der Waals surface area (Å²) in [5, 5.41) is 10.9. The Hall–Kier alpha value is -1.97. The largest absolute Gasteiger partial charge is 0.377 e. The maximum absolute atomic E-state index is 10.9. The molecule has 1 saturated heterocycles. The zero-order valence-electron chi connectivity index (χ0n) is 11.3. The van der Waals surface area contributed by atoms with Gasteiger partial charge in [0.2, 0.25) is 0 Å². The van der Waals surface area contributed by atoms with Crippen LogP contribution >= 0.6 is 0 Å². The third kappa shape index (κ3) is 2.79. The average Bonchev–Trinajstić information content (AvgIpc) is 2.89. The van der Waals surface area contributed by atoms with E-state index >= 15 is 0 Å². The van der Waals surface area contributed by atoms with Crippen molar-refractivity contribution in [2.24, 2.45) is 5.84 Å². The van der Waals surface area contributed by atoms with Crippen LogP contribution in [0.15, 0.2) is 12.1 Å². The number of rotatable bonds is 5. The third-order valence-corrected chi connectivity index (χ3v) is 3.30. The highest BCUT2D eigenvalue weighted by Crippen LogP contribution is 2.27. The van der Waals surface area contributed by atoms with Crippen molar-refractivity contribution >= 4 is 17.3 Å². The van der Waals surface area contributed by atoms with E-state index in [0.717, 1.165) is 0 Å². The molecule has 3 N–H and O–H groups in total. The molecule has 1 aromatic rings. The molecule has 1 aromatic heterocycles. The first-order valence-corrected chi connectivity index (χ1v) is 6.02. The summed E-state index contributed by atoms with van der Waals surface area (Å²) in [5.74, 6) is 6.00. The number of hydrogen-bond donors (Lipinski definition) is 2. The molecule has 20 heavy (non-hydrogen) atoms. The van der Waals surface area contributed by atoms with Crippen molar-refractivity contribution in [3.8, 4) is 0 Å². The van der Waals surface area contributed by atoms with Gasteiger partial charge in [-0.15, -0.1) is 0 Å². The maximum atomic E-state index is 10.9. The zero-order chi connectivity index (χ0) is 14.7. The van der Waals surface area contributed by atoms with Gasteiger partial charge in [0, 0.05) is 27.3 Å². The molecule has 0 spiro atoms. The molecule has 1 aliphatic heterocycles. The maximum Gasteiger partial charge on any atom is 0.276 e. The summed E-state index contributed by atoms with van der Waals surface area (Å²) >= 11 is 0. The highest BCUT2D eigenvalue weighted by atomic mass is 16.6. The van der Waals surface area contributed by atoms with Gasteiger partial charge in [-0.05, 0) is 0 Å². The highest BCUT2D eigenvalue weighted by molar-refractivity contribution is 5.56. The summed E-state index contributed by atoms with van der Waals surface area (Å²) in [6, 6.07) is 2.69. The van der Waals surface area contributed by atoms with Crippen LogP contribution in [-0.2, 0) is 9.47 Å². The number of nitrogens with two attached hydrogens (primary N) is 1. The van der Waals surface area contributed by atoms with Gasteiger partial charge < -0.3 is 19.8 Å². The quantitative estimate of drug-likeness (QED) is 0.445. The monoisotopic (exact) mass is 283 g/mol. The van der Waals surface area contributed by atoms with Gasteiger partial charge in [0.25, 0.3) is 5.69 Å². The zero-order valence-corrected chi connectivity index (χ0v) is 11.3.